The Labute approximate surface area is 142 Å². The molecule has 6 heteroatoms. The maximum absolute atomic E-state index is 12.5. The highest BCUT2D eigenvalue weighted by Gasteiger charge is 2.19. The second-order valence-corrected chi connectivity index (χ2v) is 6.04. The monoisotopic (exact) mass is 341 g/mol. The Kier molecular flexibility index (Phi) is 4.88. The second-order valence-electron chi connectivity index (χ2n) is 5.09. The highest BCUT2D eigenvalue weighted by Crippen LogP contribution is 2.19. The van der Waals surface area contributed by atoms with Gasteiger partial charge in [-0.3, -0.25) is 9.59 Å². The lowest BCUT2D eigenvalue weighted by Gasteiger charge is -2.11. The van der Waals surface area contributed by atoms with E-state index >= 15 is 0 Å². The fraction of sp³-hybridized carbons (Fsp3) is 0.111. The van der Waals surface area contributed by atoms with E-state index in [0.717, 1.165) is 0 Å². The number of aliphatic hydroxyl groups is 1. The number of amides is 1. The third kappa shape index (κ3) is 3.45. The molecular formula is C18H15NO4S. The predicted molar refractivity (Wildman–Crippen MR) is 90.2 cm³/mol. The van der Waals surface area contributed by atoms with Gasteiger partial charge in [-0.1, -0.05) is 24.3 Å². The number of thiophene rings is 1. The maximum Gasteiger partial charge on any atom is 0.252 e. The standard InChI is InChI=1S/C18H15NO4S/c20-14(15-7-3-9-23-15)11-19-18(22)13-6-2-1-5-12(13)17(21)16-8-4-10-24-16/h1-10,14,20H,11H2,(H,19,22). The summed E-state index contributed by atoms with van der Waals surface area (Å²) in [4.78, 5) is 25.5. The molecule has 2 N–H and O–H groups in total. The molecule has 3 aromatic rings. The summed E-state index contributed by atoms with van der Waals surface area (Å²) in [6.07, 6.45) is 0.513. The minimum atomic E-state index is -0.941. The molecule has 0 radical (unpaired) electrons. The van der Waals surface area contributed by atoms with Gasteiger partial charge in [0.05, 0.1) is 23.2 Å². The van der Waals surface area contributed by atoms with Gasteiger partial charge in [0.2, 0.25) is 5.78 Å². The molecule has 0 aliphatic rings. The van der Waals surface area contributed by atoms with Crippen LogP contribution in [0.25, 0.3) is 0 Å². The van der Waals surface area contributed by atoms with E-state index in [1.807, 2.05) is 5.38 Å². The molecule has 2 heterocycles. The first-order valence-electron chi connectivity index (χ1n) is 7.33. The van der Waals surface area contributed by atoms with Crippen molar-refractivity contribution in [1.82, 2.24) is 5.32 Å². The molecule has 0 bridgehead atoms. The number of hydrogen-bond acceptors (Lipinski definition) is 5. The minimum Gasteiger partial charge on any atom is -0.467 e. The van der Waals surface area contributed by atoms with E-state index in [1.54, 1.807) is 48.5 Å². The third-order valence-corrected chi connectivity index (χ3v) is 4.36. The fourth-order valence-electron chi connectivity index (χ4n) is 2.29. The average molecular weight is 341 g/mol. The summed E-state index contributed by atoms with van der Waals surface area (Å²) in [6, 6.07) is 13.4. The van der Waals surface area contributed by atoms with Gasteiger partial charge >= 0.3 is 0 Å². The lowest BCUT2D eigenvalue weighted by Crippen LogP contribution is -2.29. The van der Waals surface area contributed by atoms with Gasteiger partial charge in [0.25, 0.3) is 5.91 Å². The van der Waals surface area contributed by atoms with E-state index < -0.39 is 12.0 Å². The molecule has 1 amide bonds. The Morgan fingerprint density at radius 1 is 1.08 bits per heavy atom. The number of benzene rings is 1. The SMILES string of the molecule is O=C(NCC(O)c1ccco1)c1ccccc1C(=O)c1cccs1. The molecule has 1 unspecified atom stereocenters. The van der Waals surface area contributed by atoms with Crippen molar-refractivity contribution >= 4 is 23.0 Å². The van der Waals surface area contributed by atoms with Crippen molar-refractivity contribution in [1.29, 1.82) is 0 Å². The lowest BCUT2D eigenvalue weighted by molar-refractivity contribution is 0.0894. The summed E-state index contributed by atoms with van der Waals surface area (Å²) >= 11 is 1.33. The van der Waals surface area contributed by atoms with Crippen LogP contribution in [0, 0.1) is 0 Å². The van der Waals surface area contributed by atoms with Crippen LogP contribution in [-0.4, -0.2) is 23.3 Å². The van der Waals surface area contributed by atoms with Crippen LogP contribution in [0.1, 0.15) is 37.5 Å². The molecule has 0 saturated heterocycles. The van der Waals surface area contributed by atoms with Crippen LogP contribution in [0.5, 0.6) is 0 Å². The zero-order valence-electron chi connectivity index (χ0n) is 12.6. The number of furan rings is 1. The first-order chi connectivity index (χ1) is 11.7. The lowest BCUT2D eigenvalue weighted by atomic mass is 10.0. The summed E-state index contributed by atoms with van der Waals surface area (Å²) in [5.41, 5.74) is 0.618. The maximum atomic E-state index is 12.5. The first-order valence-corrected chi connectivity index (χ1v) is 8.21. The van der Waals surface area contributed by atoms with Gasteiger partial charge < -0.3 is 14.8 Å². The fourth-order valence-corrected chi connectivity index (χ4v) is 2.96. The van der Waals surface area contributed by atoms with E-state index in [2.05, 4.69) is 5.32 Å². The van der Waals surface area contributed by atoms with Crippen molar-refractivity contribution in [3.63, 3.8) is 0 Å². The summed E-state index contributed by atoms with van der Waals surface area (Å²) in [7, 11) is 0. The number of rotatable bonds is 6. The van der Waals surface area contributed by atoms with Crippen molar-refractivity contribution in [2.45, 2.75) is 6.10 Å². The molecule has 0 saturated carbocycles. The van der Waals surface area contributed by atoms with Crippen LogP contribution in [0.15, 0.2) is 64.6 Å². The molecule has 3 rings (SSSR count). The Morgan fingerprint density at radius 3 is 2.54 bits per heavy atom. The molecular weight excluding hydrogens is 326 g/mol. The normalized spacial score (nSPS) is 11.9. The van der Waals surface area contributed by atoms with Crippen LogP contribution in [0.2, 0.25) is 0 Å². The van der Waals surface area contributed by atoms with Gasteiger partial charge in [0.15, 0.2) is 0 Å². The van der Waals surface area contributed by atoms with E-state index in [9.17, 15) is 14.7 Å². The molecule has 24 heavy (non-hydrogen) atoms. The van der Waals surface area contributed by atoms with Crippen molar-refractivity contribution in [3.8, 4) is 0 Å². The van der Waals surface area contributed by atoms with Crippen LogP contribution < -0.4 is 5.32 Å². The van der Waals surface area contributed by atoms with Crippen molar-refractivity contribution in [2.24, 2.45) is 0 Å². The number of carbonyl (C=O) groups is 2. The van der Waals surface area contributed by atoms with Crippen LogP contribution in [-0.2, 0) is 0 Å². The molecule has 0 aliphatic heterocycles. The molecule has 0 spiro atoms. The van der Waals surface area contributed by atoms with Gasteiger partial charge in [0, 0.05) is 5.56 Å². The van der Waals surface area contributed by atoms with Crippen LogP contribution in [0.3, 0.4) is 0 Å². The van der Waals surface area contributed by atoms with E-state index in [4.69, 9.17) is 4.42 Å². The molecule has 1 atom stereocenters. The zero-order valence-corrected chi connectivity index (χ0v) is 13.5. The predicted octanol–water partition coefficient (Wildman–Crippen LogP) is 3.04. The number of hydrogen-bond donors (Lipinski definition) is 2. The van der Waals surface area contributed by atoms with Gasteiger partial charge in [-0.15, -0.1) is 11.3 Å². The smallest absolute Gasteiger partial charge is 0.252 e. The first kappa shape index (κ1) is 16.2. The Bertz CT molecular complexity index is 825. The topological polar surface area (TPSA) is 79.5 Å². The summed E-state index contributed by atoms with van der Waals surface area (Å²) in [5.74, 6) is -0.235. The molecule has 1 aromatic carbocycles. The van der Waals surface area contributed by atoms with Crippen LogP contribution in [0.4, 0.5) is 0 Å². The van der Waals surface area contributed by atoms with Crippen molar-refractivity contribution in [2.75, 3.05) is 6.54 Å². The van der Waals surface area contributed by atoms with Gasteiger partial charge in [-0.2, -0.15) is 0 Å². The van der Waals surface area contributed by atoms with Crippen molar-refractivity contribution in [3.05, 3.63) is 81.9 Å². The highest BCUT2D eigenvalue weighted by atomic mass is 32.1. The summed E-state index contributed by atoms with van der Waals surface area (Å²) < 4.78 is 5.09. The van der Waals surface area contributed by atoms with Gasteiger partial charge in [-0.25, -0.2) is 0 Å². The average Bonchev–Trinajstić information content (AvgIpc) is 3.32. The molecule has 5 nitrogen and oxygen atoms in total. The van der Waals surface area contributed by atoms with Crippen molar-refractivity contribution < 1.29 is 19.1 Å². The number of aliphatic hydroxyl groups excluding tert-OH is 1. The number of nitrogens with one attached hydrogen (secondary N) is 1. The van der Waals surface area contributed by atoms with Crippen LogP contribution >= 0.6 is 11.3 Å². The third-order valence-electron chi connectivity index (χ3n) is 3.49. The van der Waals surface area contributed by atoms with E-state index in [-0.39, 0.29) is 17.9 Å². The summed E-state index contributed by atoms with van der Waals surface area (Å²) in [5, 5.41) is 14.4. The number of carbonyl (C=O) groups excluding carboxylic acids is 2. The minimum absolute atomic E-state index is 0.00608. The number of ketones is 1. The molecule has 0 aliphatic carbocycles. The largest absolute Gasteiger partial charge is 0.467 e. The van der Waals surface area contributed by atoms with Gasteiger partial charge in [-0.05, 0) is 29.6 Å². The quantitative estimate of drug-likeness (QED) is 0.676. The molecule has 0 fully saturated rings. The zero-order chi connectivity index (χ0) is 16.9. The second kappa shape index (κ2) is 7.25. The van der Waals surface area contributed by atoms with E-state index in [1.165, 1.54) is 17.6 Å². The molecule has 122 valence electrons. The summed E-state index contributed by atoms with van der Waals surface area (Å²) in [6.45, 7) is -0.00608. The van der Waals surface area contributed by atoms with Gasteiger partial charge in [0.1, 0.15) is 11.9 Å². The molecule has 2 aromatic heterocycles. The Morgan fingerprint density at radius 2 is 1.88 bits per heavy atom. The Hall–Kier alpha value is -2.70. The highest BCUT2D eigenvalue weighted by molar-refractivity contribution is 7.12. The van der Waals surface area contributed by atoms with E-state index in [0.29, 0.717) is 16.2 Å². The Balaban J connectivity index is 1.74.